The molecule has 0 aromatic heterocycles. The van der Waals surface area contributed by atoms with E-state index in [-0.39, 0.29) is 0 Å². The van der Waals surface area contributed by atoms with Gasteiger partial charge >= 0.3 is 0 Å². The minimum atomic E-state index is 0.821. The van der Waals surface area contributed by atoms with Crippen LogP contribution in [0.2, 0.25) is 0 Å². The van der Waals surface area contributed by atoms with E-state index in [4.69, 9.17) is 0 Å². The fourth-order valence-electron chi connectivity index (χ4n) is 5.71. The third-order valence-electron chi connectivity index (χ3n) is 7.41. The third kappa shape index (κ3) is 8.41. The normalized spacial score (nSPS) is 23.9. The Labute approximate surface area is 169 Å². The molecule has 3 nitrogen and oxygen atoms in total. The van der Waals surface area contributed by atoms with Crippen LogP contribution in [0.25, 0.3) is 0 Å². The van der Waals surface area contributed by atoms with E-state index < -0.39 is 0 Å². The van der Waals surface area contributed by atoms with Gasteiger partial charge in [0, 0.05) is 18.1 Å². The average Bonchev–Trinajstić information content (AvgIpc) is 2.75. The molecule has 3 rings (SSSR count). The van der Waals surface area contributed by atoms with Gasteiger partial charge in [0.1, 0.15) is 0 Å². The number of nitrogens with zero attached hydrogens (tertiary/aromatic N) is 1. The van der Waals surface area contributed by atoms with Gasteiger partial charge < -0.3 is 15.5 Å². The maximum absolute atomic E-state index is 3.85. The largest absolute Gasteiger partial charge is 0.314 e. The molecule has 2 N–H and O–H groups in total. The topological polar surface area (TPSA) is 27.3 Å². The van der Waals surface area contributed by atoms with E-state index in [1.54, 1.807) is 0 Å². The predicted octanol–water partition coefficient (Wildman–Crippen LogP) is 5.25. The standard InChI is InChI=1S/C24H47N3/c1-4-12-22(13-5-1)25-18-10-20-27(24-16-8-3-9-17-24)21-11-19-26-23-14-6-2-7-15-23/h22-26H,1-21H2. The summed E-state index contributed by atoms with van der Waals surface area (Å²) < 4.78 is 0. The first-order chi connectivity index (χ1) is 13.4. The summed E-state index contributed by atoms with van der Waals surface area (Å²) in [6, 6.07) is 2.52. The Bertz CT molecular complexity index is 329. The molecule has 158 valence electrons. The first-order valence-corrected chi connectivity index (χ1v) is 12.6. The zero-order valence-corrected chi connectivity index (χ0v) is 18.0. The summed E-state index contributed by atoms with van der Waals surface area (Å²) in [5.41, 5.74) is 0. The van der Waals surface area contributed by atoms with Crippen molar-refractivity contribution in [3.05, 3.63) is 0 Å². The van der Waals surface area contributed by atoms with Crippen LogP contribution in [0.5, 0.6) is 0 Å². The van der Waals surface area contributed by atoms with Crippen molar-refractivity contribution in [3.8, 4) is 0 Å². The lowest BCUT2D eigenvalue weighted by Gasteiger charge is -2.35. The molecule has 3 fully saturated rings. The van der Waals surface area contributed by atoms with Gasteiger partial charge in [0.2, 0.25) is 0 Å². The molecule has 0 aliphatic heterocycles. The molecule has 0 radical (unpaired) electrons. The van der Waals surface area contributed by atoms with Crippen molar-refractivity contribution in [1.82, 2.24) is 15.5 Å². The fourth-order valence-corrected chi connectivity index (χ4v) is 5.71. The van der Waals surface area contributed by atoms with Gasteiger partial charge in [-0.25, -0.2) is 0 Å². The van der Waals surface area contributed by atoms with Crippen LogP contribution in [0, 0.1) is 0 Å². The lowest BCUT2D eigenvalue weighted by molar-refractivity contribution is 0.150. The van der Waals surface area contributed by atoms with Crippen molar-refractivity contribution in [1.29, 1.82) is 0 Å². The monoisotopic (exact) mass is 377 g/mol. The fraction of sp³-hybridized carbons (Fsp3) is 1.00. The molecule has 3 aliphatic carbocycles. The Morgan fingerprint density at radius 1 is 0.519 bits per heavy atom. The van der Waals surface area contributed by atoms with Crippen molar-refractivity contribution >= 4 is 0 Å². The second kappa shape index (κ2) is 13.2. The maximum atomic E-state index is 3.85. The molecule has 3 aliphatic rings. The van der Waals surface area contributed by atoms with Crippen molar-refractivity contribution in [2.24, 2.45) is 0 Å². The summed E-state index contributed by atoms with van der Waals surface area (Å²) >= 11 is 0. The van der Waals surface area contributed by atoms with Crippen LogP contribution in [0.3, 0.4) is 0 Å². The lowest BCUT2D eigenvalue weighted by atomic mass is 9.93. The van der Waals surface area contributed by atoms with Crippen LogP contribution < -0.4 is 10.6 Å². The van der Waals surface area contributed by atoms with E-state index in [1.807, 2.05) is 0 Å². The van der Waals surface area contributed by atoms with E-state index in [1.165, 1.54) is 135 Å². The summed E-state index contributed by atoms with van der Waals surface area (Å²) in [5.74, 6) is 0. The molecule has 3 saturated carbocycles. The highest BCUT2D eigenvalue weighted by atomic mass is 15.2. The zero-order chi connectivity index (χ0) is 18.6. The molecule has 0 aromatic carbocycles. The number of hydrogen-bond donors (Lipinski definition) is 2. The minimum absolute atomic E-state index is 0.821. The average molecular weight is 378 g/mol. The molecule has 0 aromatic rings. The molecule has 0 heterocycles. The van der Waals surface area contributed by atoms with Crippen LogP contribution in [-0.2, 0) is 0 Å². The third-order valence-corrected chi connectivity index (χ3v) is 7.41. The summed E-state index contributed by atoms with van der Waals surface area (Å²) in [5, 5.41) is 7.70. The number of hydrogen-bond acceptors (Lipinski definition) is 3. The molecule has 0 saturated heterocycles. The van der Waals surface area contributed by atoms with Gasteiger partial charge in [0.15, 0.2) is 0 Å². The van der Waals surface area contributed by atoms with Crippen LogP contribution in [0.4, 0.5) is 0 Å². The van der Waals surface area contributed by atoms with Gasteiger partial charge in [-0.05, 0) is 77.5 Å². The Hall–Kier alpha value is -0.120. The first kappa shape index (κ1) is 21.6. The highest BCUT2D eigenvalue weighted by Crippen LogP contribution is 2.23. The van der Waals surface area contributed by atoms with E-state index in [2.05, 4.69) is 15.5 Å². The Morgan fingerprint density at radius 2 is 0.926 bits per heavy atom. The second-order valence-electron chi connectivity index (χ2n) is 9.61. The van der Waals surface area contributed by atoms with Gasteiger partial charge in [0.25, 0.3) is 0 Å². The molecule has 0 bridgehead atoms. The predicted molar refractivity (Wildman–Crippen MR) is 117 cm³/mol. The summed E-state index contributed by atoms with van der Waals surface area (Å²) in [6.45, 7) is 5.09. The maximum Gasteiger partial charge on any atom is 0.00952 e. The van der Waals surface area contributed by atoms with Crippen molar-refractivity contribution in [2.45, 2.75) is 127 Å². The number of nitrogens with one attached hydrogen (secondary N) is 2. The Kier molecular flexibility index (Phi) is 10.5. The summed E-state index contributed by atoms with van der Waals surface area (Å²) in [7, 11) is 0. The molecule has 0 spiro atoms. The Balaban J connectivity index is 1.32. The summed E-state index contributed by atoms with van der Waals surface area (Å²) in [4.78, 5) is 2.87. The van der Waals surface area contributed by atoms with Gasteiger partial charge in [0.05, 0.1) is 0 Å². The summed E-state index contributed by atoms with van der Waals surface area (Å²) in [6.07, 6.45) is 24.3. The van der Waals surface area contributed by atoms with Crippen molar-refractivity contribution in [3.63, 3.8) is 0 Å². The molecular formula is C24H47N3. The molecule has 27 heavy (non-hydrogen) atoms. The highest BCUT2D eigenvalue weighted by molar-refractivity contribution is 4.78. The second-order valence-corrected chi connectivity index (χ2v) is 9.61. The first-order valence-electron chi connectivity index (χ1n) is 12.6. The van der Waals surface area contributed by atoms with Crippen LogP contribution in [-0.4, -0.2) is 49.2 Å². The van der Waals surface area contributed by atoms with E-state index in [0.717, 1.165) is 18.1 Å². The van der Waals surface area contributed by atoms with Crippen LogP contribution in [0.1, 0.15) is 109 Å². The lowest BCUT2D eigenvalue weighted by Crippen LogP contribution is -2.41. The SMILES string of the molecule is C1CCC(NCCCN(CCCNC2CCCCC2)C2CCCCC2)CC1. The van der Waals surface area contributed by atoms with Crippen LogP contribution >= 0.6 is 0 Å². The molecule has 0 atom stereocenters. The van der Waals surface area contributed by atoms with Crippen molar-refractivity contribution in [2.75, 3.05) is 26.2 Å². The molecule has 3 heteroatoms. The van der Waals surface area contributed by atoms with Gasteiger partial charge in [-0.1, -0.05) is 57.8 Å². The minimum Gasteiger partial charge on any atom is -0.314 e. The molecule has 0 unspecified atom stereocenters. The number of rotatable bonds is 11. The quantitative estimate of drug-likeness (QED) is 0.482. The molecule has 0 amide bonds. The van der Waals surface area contributed by atoms with Gasteiger partial charge in [-0.3, -0.25) is 0 Å². The molecular weight excluding hydrogens is 330 g/mol. The highest BCUT2D eigenvalue weighted by Gasteiger charge is 2.21. The van der Waals surface area contributed by atoms with E-state index in [9.17, 15) is 0 Å². The smallest absolute Gasteiger partial charge is 0.00952 e. The van der Waals surface area contributed by atoms with Crippen molar-refractivity contribution < 1.29 is 0 Å². The van der Waals surface area contributed by atoms with Gasteiger partial charge in [-0.2, -0.15) is 0 Å². The van der Waals surface area contributed by atoms with Gasteiger partial charge in [-0.15, -0.1) is 0 Å². The Morgan fingerprint density at radius 3 is 1.37 bits per heavy atom. The van der Waals surface area contributed by atoms with E-state index >= 15 is 0 Å². The zero-order valence-electron chi connectivity index (χ0n) is 18.0. The van der Waals surface area contributed by atoms with E-state index in [0.29, 0.717) is 0 Å². The van der Waals surface area contributed by atoms with Crippen LogP contribution in [0.15, 0.2) is 0 Å².